The summed E-state index contributed by atoms with van der Waals surface area (Å²) in [5.74, 6) is 0. The molecule has 0 saturated carbocycles. The molecule has 0 aliphatic carbocycles. The smallest absolute Gasteiger partial charge is 0.0658 e. The van der Waals surface area contributed by atoms with Gasteiger partial charge in [-0.15, -0.1) is 0 Å². The van der Waals surface area contributed by atoms with Gasteiger partial charge in [0.05, 0.1) is 12.1 Å². The largest absolute Gasteiger partial charge is 0.379 e. The average molecular weight is 184 g/mol. The summed E-state index contributed by atoms with van der Waals surface area (Å²) >= 11 is 0. The van der Waals surface area contributed by atoms with Crippen molar-refractivity contribution in [3.05, 3.63) is 0 Å². The lowest BCUT2D eigenvalue weighted by Gasteiger charge is -2.36. The summed E-state index contributed by atoms with van der Waals surface area (Å²) in [6.45, 7) is 5.16. The van der Waals surface area contributed by atoms with Gasteiger partial charge in [0.2, 0.25) is 0 Å². The molecule has 13 heavy (non-hydrogen) atoms. The van der Waals surface area contributed by atoms with Crippen molar-refractivity contribution in [3.63, 3.8) is 0 Å². The second-order valence-electron chi connectivity index (χ2n) is 4.50. The molecule has 0 radical (unpaired) electrons. The average Bonchev–Trinajstić information content (AvgIpc) is 2.57. The minimum atomic E-state index is -0.0530. The van der Waals surface area contributed by atoms with E-state index in [2.05, 4.69) is 4.90 Å². The van der Waals surface area contributed by atoms with Crippen LogP contribution in [-0.4, -0.2) is 43.3 Å². The van der Waals surface area contributed by atoms with Crippen LogP contribution in [0.25, 0.3) is 0 Å². The Kier molecular flexibility index (Phi) is 2.86. The molecule has 1 atom stereocenters. The highest BCUT2D eigenvalue weighted by atomic mass is 16.5. The summed E-state index contributed by atoms with van der Waals surface area (Å²) in [4.78, 5) is 2.48. The first-order chi connectivity index (χ1) is 6.29. The van der Waals surface area contributed by atoms with Gasteiger partial charge in [0.1, 0.15) is 0 Å². The Morgan fingerprint density at radius 2 is 2.00 bits per heavy atom. The summed E-state index contributed by atoms with van der Waals surface area (Å²) < 4.78 is 5.44. The Balaban J connectivity index is 1.83. The van der Waals surface area contributed by atoms with Crippen LogP contribution in [0.1, 0.15) is 25.7 Å². The highest BCUT2D eigenvalue weighted by Crippen LogP contribution is 2.19. The maximum atomic E-state index is 6.27. The fraction of sp³-hybridized carbons (Fsp3) is 1.00. The Bertz CT molecular complexity index is 160. The topological polar surface area (TPSA) is 38.5 Å². The molecule has 2 heterocycles. The molecule has 3 nitrogen and oxygen atoms in total. The molecule has 2 aliphatic rings. The fourth-order valence-corrected chi connectivity index (χ4v) is 2.38. The van der Waals surface area contributed by atoms with Gasteiger partial charge in [-0.3, -0.25) is 0 Å². The van der Waals surface area contributed by atoms with Gasteiger partial charge in [-0.1, -0.05) is 0 Å². The van der Waals surface area contributed by atoms with Crippen molar-refractivity contribution >= 4 is 0 Å². The zero-order valence-corrected chi connectivity index (χ0v) is 8.30. The van der Waals surface area contributed by atoms with E-state index >= 15 is 0 Å². The van der Waals surface area contributed by atoms with Crippen LogP contribution in [-0.2, 0) is 4.74 Å². The fourth-order valence-electron chi connectivity index (χ4n) is 2.38. The van der Waals surface area contributed by atoms with Gasteiger partial charge in [-0.05, 0) is 38.8 Å². The van der Waals surface area contributed by atoms with Gasteiger partial charge in [-0.25, -0.2) is 0 Å². The highest BCUT2D eigenvalue weighted by molar-refractivity contribution is 4.90. The molecular weight excluding hydrogens is 164 g/mol. The molecule has 3 heteroatoms. The molecule has 0 amide bonds. The number of nitrogens with zero attached hydrogens (tertiary/aromatic N) is 1. The molecule has 0 bridgehead atoms. The van der Waals surface area contributed by atoms with E-state index in [4.69, 9.17) is 10.5 Å². The Hall–Kier alpha value is -0.120. The van der Waals surface area contributed by atoms with Crippen LogP contribution < -0.4 is 5.73 Å². The quantitative estimate of drug-likeness (QED) is 0.682. The monoisotopic (exact) mass is 184 g/mol. The van der Waals surface area contributed by atoms with Gasteiger partial charge < -0.3 is 15.4 Å². The normalized spacial score (nSPS) is 36.7. The SMILES string of the molecule is NC1(CN2CCCC2)CCCOC1. The van der Waals surface area contributed by atoms with E-state index in [0.717, 1.165) is 32.6 Å². The Morgan fingerprint density at radius 3 is 2.62 bits per heavy atom. The third kappa shape index (κ3) is 2.42. The van der Waals surface area contributed by atoms with Crippen molar-refractivity contribution in [1.29, 1.82) is 0 Å². The third-order valence-corrected chi connectivity index (χ3v) is 3.09. The van der Waals surface area contributed by atoms with E-state index in [9.17, 15) is 0 Å². The molecular formula is C10H20N2O. The molecule has 2 rings (SSSR count). The van der Waals surface area contributed by atoms with E-state index in [-0.39, 0.29) is 5.54 Å². The first-order valence-corrected chi connectivity index (χ1v) is 5.38. The van der Waals surface area contributed by atoms with Crippen LogP contribution in [0.4, 0.5) is 0 Å². The summed E-state index contributed by atoms with van der Waals surface area (Å²) in [7, 11) is 0. The lowest BCUT2D eigenvalue weighted by molar-refractivity contribution is 0.0241. The molecule has 0 aromatic rings. The van der Waals surface area contributed by atoms with Crippen LogP contribution in [0.15, 0.2) is 0 Å². The van der Waals surface area contributed by atoms with E-state index in [0.29, 0.717) is 0 Å². The van der Waals surface area contributed by atoms with Gasteiger partial charge in [0.25, 0.3) is 0 Å². The first kappa shape index (κ1) is 9.44. The molecule has 1 unspecified atom stereocenters. The second-order valence-corrected chi connectivity index (χ2v) is 4.50. The predicted molar refractivity (Wildman–Crippen MR) is 52.6 cm³/mol. The standard InChI is InChI=1S/C10H20N2O/c11-10(4-3-7-13-9-10)8-12-5-1-2-6-12/h1-9,11H2. The number of hydrogen-bond donors (Lipinski definition) is 1. The summed E-state index contributed by atoms with van der Waals surface area (Å²) in [5.41, 5.74) is 6.22. The molecule has 2 aliphatic heterocycles. The van der Waals surface area contributed by atoms with Crippen molar-refractivity contribution in [2.75, 3.05) is 32.8 Å². The van der Waals surface area contributed by atoms with E-state index < -0.39 is 0 Å². The molecule has 2 saturated heterocycles. The van der Waals surface area contributed by atoms with Crippen molar-refractivity contribution in [2.24, 2.45) is 5.73 Å². The Morgan fingerprint density at radius 1 is 1.23 bits per heavy atom. The molecule has 76 valence electrons. The Labute approximate surface area is 80.2 Å². The number of nitrogens with two attached hydrogens (primary N) is 1. The van der Waals surface area contributed by atoms with Crippen LogP contribution in [0.2, 0.25) is 0 Å². The van der Waals surface area contributed by atoms with Crippen LogP contribution in [0, 0.1) is 0 Å². The lowest BCUT2D eigenvalue weighted by Crippen LogP contribution is -2.55. The van der Waals surface area contributed by atoms with Crippen molar-refractivity contribution in [1.82, 2.24) is 4.90 Å². The maximum Gasteiger partial charge on any atom is 0.0658 e. The minimum absolute atomic E-state index is 0.0530. The zero-order chi connectivity index (χ0) is 9.15. The van der Waals surface area contributed by atoms with E-state index in [1.165, 1.54) is 25.9 Å². The van der Waals surface area contributed by atoms with Gasteiger partial charge >= 0.3 is 0 Å². The van der Waals surface area contributed by atoms with Crippen molar-refractivity contribution < 1.29 is 4.74 Å². The second kappa shape index (κ2) is 3.95. The lowest BCUT2D eigenvalue weighted by atomic mass is 9.93. The van der Waals surface area contributed by atoms with Crippen LogP contribution in [0.3, 0.4) is 0 Å². The zero-order valence-electron chi connectivity index (χ0n) is 8.30. The van der Waals surface area contributed by atoms with Crippen LogP contribution >= 0.6 is 0 Å². The van der Waals surface area contributed by atoms with Gasteiger partial charge in [-0.2, -0.15) is 0 Å². The van der Waals surface area contributed by atoms with E-state index in [1.807, 2.05) is 0 Å². The number of ether oxygens (including phenoxy) is 1. The molecule has 2 fully saturated rings. The number of hydrogen-bond acceptors (Lipinski definition) is 3. The number of rotatable bonds is 2. The first-order valence-electron chi connectivity index (χ1n) is 5.38. The molecule has 0 aromatic carbocycles. The van der Waals surface area contributed by atoms with Crippen molar-refractivity contribution in [2.45, 2.75) is 31.2 Å². The summed E-state index contributed by atoms with van der Waals surface area (Å²) in [6, 6.07) is 0. The third-order valence-electron chi connectivity index (χ3n) is 3.09. The van der Waals surface area contributed by atoms with Crippen LogP contribution in [0.5, 0.6) is 0 Å². The van der Waals surface area contributed by atoms with Gasteiger partial charge in [0, 0.05) is 13.2 Å². The predicted octanol–water partition coefficient (Wildman–Crippen LogP) is 0.590. The van der Waals surface area contributed by atoms with E-state index in [1.54, 1.807) is 0 Å². The highest BCUT2D eigenvalue weighted by Gasteiger charge is 2.31. The summed E-state index contributed by atoms with van der Waals surface area (Å²) in [5, 5.41) is 0. The van der Waals surface area contributed by atoms with Gasteiger partial charge in [0.15, 0.2) is 0 Å². The summed E-state index contributed by atoms with van der Waals surface area (Å²) in [6.07, 6.45) is 4.95. The minimum Gasteiger partial charge on any atom is -0.379 e. The molecule has 0 spiro atoms. The molecule has 2 N–H and O–H groups in total. The number of likely N-dealkylation sites (tertiary alicyclic amines) is 1. The maximum absolute atomic E-state index is 6.27. The molecule has 0 aromatic heterocycles. The van der Waals surface area contributed by atoms with Crippen molar-refractivity contribution in [3.8, 4) is 0 Å².